The first kappa shape index (κ1) is 18.8. The van der Waals surface area contributed by atoms with Gasteiger partial charge in [-0.05, 0) is 32.0 Å². The number of hydrogen-bond acceptors (Lipinski definition) is 6. The number of carbonyl (C=O) groups excluding carboxylic acids is 1. The molecule has 0 saturated carbocycles. The molecule has 10 heteroatoms. The van der Waals surface area contributed by atoms with Crippen molar-refractivity contribution >= 4 is 5.91 Å². The van der Waals surface area contributed by atoms with Crippen molar-refractivity contribution in [1.82, 2.24) is 20.4 Å². The highest BCUT2D eigenvalue weighted by Gasteiger charge is 2.38. The van der Waals surface area contributed by atoms with Crippen molar-refractivity contribution in [3.8, 4) is 17.5 Å². The quantitative estimate of drug-likeness (QED) is 0.880. The van der Waals surface area contributed by atoms with Crippen LogP contribution >= 0.6 is 0 Å². The molecule has 1 fully saturated rings. The van der Waals surface area contributed by atoms with Gasteiger partial charge in [0.25, 0.3) is 5.91 Å². The molecule has 0 radical (unpaired) electrons. The number of rotatable bonds is 3. The minimum atomic E-state index is -4.72. The molecular weight excluding hydrogens is 363 g/mol. The van der Waals surface area contributed by atoms with E-state index in [1.165, 1.54) is 24.3 Å². The smallest absolute Gasteiger partial charge is 0.334 e. The molecule has 3 rings (SSSR count). The Labute approximate surface area is 152 Å². The van der Waals surface area contributed by atoms with E-state index in [2.05, 4.69) is 30.9 Å². The zero-order chi connectivity index (χ0) is 19.7. The van der Waals surface area contributed by atoms with Crippen LogP contribution in [0.25, 0.3) is 11.4 Å². The van der Waals surface area contributed by atoms with E-state index >= 15 is 0 Å². The summed E-state index contributed by atoms with van der Waals surface area (Å²) in [7, 11) is 1.95. The Kier molecular flexibility index (Phi) is 4.89. The second-order valence-electron chi connectivity index (χ2n) is 6.45. The molecule has 2 aromatic rings. The van der Waals surface area contributed by atoms with Crippen molar-refractivity contribution in [2.24, 2.45) is 0 Å². The number of carbonyl (C=O) groups is 1. The topological polar surface area (TPSA) is 95.1 Å². The van der Waals surface area contributed by atoms with Crippen LogP contribution < -0.4 is 5.32 Å². The van der Waals surface area contributed by atoms with Crippen molar-refractivity contribution in [3.05, 3.63) is 35.7 Å². The Morgan fingerprint density at radius 2 is 1.93 bits per heavy atom. The zero-order valence-corrected chi connectivity index (χ0v) is 14.4. The van der Waals surface area contributed by atoms with Gasteiger partial charge in [-0.25, -0.2) is 0 Å². The standard InChI is InChI=1S/C17H16F3N5O2/c1-25-8-6-16(10-21,7-9-25)23-14(26)12-4-2-11(3-5-12)13-22-15(27-24-13)17(18,19)20/h2-5H,6-9H2,1H3,(H,23,26). The third kappa shape index (κ3) is 4.09. The molecule has 2 heterocycles. The molecule has 7 nitrogen and oxygen atoms in total. The number of nitrogens with one attached hydrogen (secondary N) is 1. The zero-order valence-electron chi connectivity index (χ0n) is 14.4. The van der Waals surface area contributed by atoms with Crippen LogP contribution in [-0.2, 0) is 6.18 Å². The predicted molar refractivity (Wildman–Crippen MR) is 87.3 cm³/mol. The molecule has 1 aliphatic heterocycles. The number of hydrogen-bond donors (Lipinski definition) is 1. The second kappa shape index (κ2) is 7.00. The fourth-order valence-corrected chi connectivity index (χ4v) is 2.78. The second-order valence-corrected chi connectivity index (χ2v) is 6.45. The Morgan fingerprint density at radius 3 is 2.44 bits per heavy atom. The molecule has 1 amide bonds. The van der Waals surface area contributed by atoms with Gasteiger partial charge in [0.2, 0.25) is 5.82 Å². The summed E-state index contributed by atoms with van der Waals surface area (Å²) in [4.78, 5) is 17.8. The van der Waals surface area contributed by atoms with E-state index in [4.69, 9.17) is 0 Å². The minimum absolute atomic E-state index is 0.224. The SMILES string of the molecule is CN1CCC(C#N)(NC(=O)c2ccc(-c3noc(C(F)(F)F)n3)cc2)CC1. The monoisotopic (exact) mass is 379 g/mol. The van der Waals surface area contributed by atoms with Gasteiger partial charge in [-0.3, -0.25) is 4.79 Å². The lowest BCUT2D eigenvalue weighted by atomic mass is 9.89. The summed E-state index contributed by atoms with van der Waals surface area (Å²) in [6.07, 6.45) is -3.68. The first-order chi connectivity index (χ1) is 12.7. The summed E-state index contributed by atoms with van der Waals surface area (Å²) in [5.74, 6) is -2.08. The van der Waals surface area contributed by atoms with Crippen LogP contribution in [0.15, 0.2) is 28.8 Å². The van der Waals surface area contributed by atoms with Gasteiger partial charge < -0.3 is 14.7 Å². The maximum Gasteiger partial charge on any atom is 0.471 e. The first-order valence-electron chi connectivity index (χ1n) is 8.16. The van der Waals surface area contributed by atoms with Crippen molar-refractivity contribution in [1.29, 1.82) is 5.26 Å². The number of likely N-dealkylation sites (tertiary alicyclic amines) is 1. The predicted octanol–water partition coefficient (Wildman–Crippen LogP) is 2.47. The molecule has 1 saturated heterocycles. The van der Waals surface area contributed by atoms with Crippen molar-refractivity contribution < 1.29 is 22.5 Å². The van der Waals surface area contributed by atoms with Crippen molar-refractivity contribution in [2.45, 2.75) is 24.6 Å². The normalized spacial score (nSPS) is 17.3. The first-order valence-corrected chi connectivity index (χ1v) is 8.16. The summed E-state index contributed by atoms with van der Waals surface area (Å²) in [5, 5.41) is 15.6. The molecule has 1 aliphatic rings. The lowest BCUT2D eigenvalue weighted by Crippen LogP contribution is -2.53. The number of amides is 1. The molecule has 0 aliphatic carbocycles. The number of benzene rings is 1. The maximum atomic E-state index is 12.5. The maximum absolute atomic E-state index is 12.5. The van der Waals surface area contributed by atoms with Gasteiger partial charge in [-0.1, -0.05) is 17.3 Å². The van der Waals surface area contributed by atoms with Crippen molar-refractivity contribution in [3.63, 3.8) is 0 Å². The van der Waals surface area contributed by atoms with Gasteiger partial charge in [0.1, 0.15) is 5.54 Å². The summed E-state index contributed by atoms with van der Waals surface area (Å²) >= 11 is 0. The van der Waals surface area contributed by atoms with E-state index in [1.54, 1.807) is 0 Å². The Hall–Kier alpha value is -2.93. The van der Waals surface area contributed by atoms with E-state index in [1.807, 2.05) is 7.05 Å². The van der Waals surface area contributed by atoms with E-state index < -0.39 is 23.5 Å². The summed E-state index contributed by atoms with van der Waals surface area (Å²) in [6.45, 7) is 1.40. The Balaban J connectivity index is 1.72. The average Bonchev–Trinajstić information content (AvgIpc) is 3.15. The largest absolute Gasteiger partial charge is 0.471 e. The molecule has 0 spiro atoms. The highest BCUT2D eigenvalue weighted by Crippen LogP contribution is 2.29. The number of halogens is 3. The van der Waals surface area contributed by atoms with E-state index in [-0.39, 0.29) is 17.0 Å². The average molecular weight is 379 g/mol. The number of alkyl halides is 3. The molecular formula is C17H16F3N5O2. The molecule has 27 heavy (non-hydrogen) atoms. The fraction of sp³-hybridized carbons (Fsp3) is 0.412. The number of nitriles is 1. The molecule has 1 N–H and O–H groups in total. The highest BCUT2D eigenvalue weighted by atomic mass is 19.4. The van der Waals surface area contributed by atoms with Crippen LogP contribution in [0.3, 0.4) is 0 Å². The summed E-state index contributed by atoms with van der Waals surface area (Å²) in [6, 6.07) is 7.92. The highest BCUT2D eigenvalue weighted by molar-refractivity contribution is 5.95. The van der Waals surface area contributed by atoms with Crippen LogP contribution in [0.4, 0.5) is 13.2 Å². The third-order valence-electron chi connectivity index (χ3n) is 4.48. The van der Waals surface area contributed by atoms with E-state index in [0.29, 0.717) is 25.9 Å². The van der Waals surface area contributed by atoms with E-state index in [9.17, 15) is 23.2 Å². The molecule has 1 aromatic carbocycles. The molecule has 0 bridgehead atoms. The van der Waals surface area contributed by atoms with Crippen LogP contribution in [0.1, 0.15) is 29.1 Å². The van der Waals surface area contributed by atoms with Crippen LogP contribution in [0.5, 0.6) is 0 Å². The van der Waals surface area contributed by atoms with E-state index in [0.717, 1.165) is 0 Å². The lowest BCUT2D eigenvalue weighted by molar-refractivity contribution is -0.159. The molecule has 142 valence electrons. The lowest BCUT2D eigenvalue weighted by Gasteiger charge is -2.36. The summed E-state index contributed by atoms with van der Waals surface area (Å²) < 4.78 is 41.8. The molecule has 0 atom stereocenters. The number of nitrogens with zero attached hydrogens (tertiary/aromatic N) is 4. The van der Waals surface area contributed by atoms with Crippen LogP contribution in [0.2, 0.25) is 0 Å². The summed E-state index contributed by atoms with van der Waals surface area (Å²) in [5.41, 5.74) is -0.357. The van der Waals surface area contributed by atoms with Gasteiger partial charge in [0.05, 0.1) is 6.07 Å². The van der Waals surface area contributed by atoms with Crippen LogP contribution in [0, 0.1) is 11.3 Å². The molecule has 1 aromatic heterocycles. The van der Waals surface area contributed by atoms with Gasteiger partial charge in [0, 0.05) is 24.2 Å². The molecule has 0 unspecified atom stereocenters. The Morgan fingerprint density at radius 1 is 1.30 bits per heavy atom. The van der Waals surface area contributed by atoms with Crippen molar-refractivity contribution in [2.75, 3.05) is 20.1 Å². The number of aromatic nitrogens is 2. The van der Waals surface area contributed by atoms with Gasteiger partial charge in [0.15, 0.2) is 0 Å². The van der Waals surface area contributed by atoms with Crippen LogP contribution in [-0.4, -0.2) is 46.6 Å². The third-order valence-corrected chi connectivity index (χ3v) is 4.48. The van der Waals surface area contributed by atoms with Gasteiger partial charge >= 0.3 is 12.1 Å². The fourth-order valence-electron chi connectivity index (χ4n) is 2.78. The van der Waals surface area contributed by atoms with Gasteiger partial charge in [-0.2, -0.15) is 23.4 Å². The number of piperidine rings is 1. The Bertz CT molecular complexity index is 862. The minimum Gasteiger partial charge on any atom is -0.334 e. The van der Waals surface area contributed by atoms with Gasteiger partial charge in [-0.15, -0.1) is 0 Å².